The van der Waals surface area contributed by atoms with Gasteiger partial charge in [-0.15, -0.1) is 0 Å². The molecule has 0 fully saturated rings. The molecule has 112 valence electrons. The van der Waals surface area contributed by atoms with Crippen LogP contribution in [0.4, 0.5) is 5.69 Å². The van der Waals surface area contributed by atoms with Crippen LogP contribution in [0.1, 0.15) is 0 Å². The van der Waals surface area contributed by atoms with Crippen molar-refractivity contribution >= 4 is 45.3 Å². The van der Waals surface area contributed by atoms with Gasteiger partial charge >= 0.3 is 0 Å². The van der Waals surface area contributed by atoms with E-state index in [4.69, 9.17) is 10.5 Å². The van der Waals surface area contributed by atoms with Gasteiger partial charge in [0, 0.05) is 23.7 Å². The number of allylic oxidation sites excluding steroid dienone is 1. The Balaban J connectivity index is 2.39. The van der Waals surface area contributed by atoms with E-state index in [-0.39, 0.29) is 11.5 Å². The summed E-state index contributed by atoms with van der Waals surface area (Å²) in [7, 11) is 0. The Kier molecular flexibility index (Phi) is 5.10. The van der Waals surface area contributed by atoms with Crippen LogP contribution in [0.2, 0.25) is 0 Å². The van der Waals surface area contributed by atoms with E-state index < -0.39 is 4.92 Å². The summed E-state index contributed by atoms with van der Waals surface area (Å²) in [5.74, 6) is 0.725. The predicted octanol–water partition coefficient (Wildman–Crippen LogP) is 3.90. The lowest BCUT2D eigenvalue weighted by Crippen LogP contribution is -1.94. The van der Waals surface area contributed by atoms with Gasteiger partial charge in [0.05, 0.1) is 10.3 Å². The first-order valence-corrected chi connectivity index (χ1v) is 7.25. The maximum Gasteiger partial charge on any atom is 0.277 e. The summed E-state index contributed by atoms with van der Waals surface area (Å²) < 4.78 is 6.25. The van der Waals surface area contributed by atoms with Crippen LogP contribution in [0.15, 0.2) is 63.6 Å². The van der Waals surface area contributed by atoms with Gasteiger partial charge in [-0.25, -0.2) is 4.99 Å². The van der Waals surface area contributed by atoms with Crippen molar-refractivity contribution in [2.45, 2.75) is 0 Å². The van der Waals surface area contributed by atoms with Crippen LogP contribution in [0.3, 0.4) is 0 Å². The molecule has 0 unspecified atom stereocenters. The summed E-state index contributed by atoms with van der Waals surface area (Å²) in [6, 6.07) is 10.0. The summed E-state index contributed by atoms with van der Waals surface area (Å²) in [5.41, 5.74) is 5.37. The maximum absolute atomic E-state index is 11.1. The van der Waals surface area contributed by atoms with Crippen molar-refractivity contribution in [2.75, 3.05) is 0 Å². The summed E-state index contributed by atoms with van der Waals surface area (Å²) in [6.45, 7) is 3.45. The van der Waals surface area contributed by atoms with Crippen molar-refractivity contribution in [1.29, 1.82) is 0 Å². The molecule has 0 aliphatic carbocycles. The van der Waals surface area contributed by atoms with E-state index in [0.29, 0.717) is 20.3 Å². The predicted molar refractivity (Wildman–Crippen MR) is 95.2 cm³/mol. The molecule has 0 saturated carbocycles. The Labute approximate surface area is 140 Å². The maximum atomic E-state index is 11.1. The zero-order chi connectivity index (χ0) is 16.1. The van der Waals surface area contributed by atoms with E-state index in [9.17, 15) is 10.1 Å². The number of aliphatic imine (C=N–C) groups is 1. The summed E-state index contributed by atoms with van der Waals surface area (Å²) >= 11 is 1.99. The first-order valence-electron chi connectivity index (χ1n) is 6.17. The van der Waals surface area contributed by atoms with Crippen molar-refractivity contribution in [1.82, 2.24) is 0 Å². The third kappa shape index (κ3) is 3.82. The van der Waals surface area contributed by atoms with Crippen molar-refractivity contribution in [3.63, 3.8) is 0 Å². The molecule has 0 aromatic heterocycles. The van der Waals surface area contributed by atoms with Gasteiger partial charge in [0.25, 0.3) is 5.69 Å². The average Bonchev–Trinajstić information content (AvgIpc) is 2.46. The Morgan fingerprint density at radius 1 is 1.32 bits per heavy atom. The highest BCUT2D eigenvalue weighted by Gasteiger charge is 2.14. The highest BCUT2D eigenvalue weighted by molar-refractivity contribution is 14.1. The summed E-state index contributed by atoms with van der Waals surface area (Å²) in [4.78, 5) is 14.5. The second-order valence-electron chi connectivity index (χ2n) is 4.23. The molecule has 2 aromatic rings. The molecule has 0 amide bonds. The SMILES string of the molecule is C=C(N)N=C/C=C(\I)Oc1ccc([N+](=O)[O-])c2ccccc12. The van der Waals surface area contributed by atoms with E-state index in [1.807, 2.05) is 22.6 Å². The number of nitrogens with zero attached hydrogens (tertiary/aromatic N) is 2. The van der Waals surface area contributed by atoms with Gasteiger partial charge in [0.15, 0.2) is 3.77 Å². The van der Waals surface area contributed by atoms with Crippen LogP contribution in [-0.4, -0.2) is 11.1 Å². The molecule has 0 saturated heterocycles. The molecular weight excluding hydrogens is 397 g/mol. The zero-order valence-corrected chi connectivity index (χ0v) is 13.6. The highest BCUT2D eigenvalue weighted by Crippen LogP contribution is 2.34. The minimum Gasteiger partial charge on any atom is -0.450 e. The fourth-order valence-corrected chi connectivity index (χ4v) is 2.23. The van der Waals surface area contributed by atoms with Gasteiger partial charge in [-0.1, -0.05) is 24.8 Å². The Morgan fingerprint density at radius 3 is 2.64 bits per heavy atom. The molecule has 22 heavy (non-hydrogen) atoms. The molecule has 7 heteroatoms. The van der Waals surface area contributed by atoms with Gasteiger partial charge in [0.2, 0.25) is 0 Å². The number of nitrogens with two attached hydrogens (primary N) is 1. The minimum absolute atomic E-state index is 0.0444. The van der Waals surface area contributed by atoms with Crippen LogP contribution in [-0.2, 0) is 0 Å². The fraction of sp³-hybridized carbons (Fsp3) is 0. The van der Waals surface area contributed by atoms with Crippen LogP contribution in [0.5, 0.6) is 5.75 Å². The molecular formula is C15H12IN3O3. The number of ether oxygens (including phenoxy) is 1. The van der Waals surface area contributed by atoms with Gasteiger partial charge < -0.3 is 10.5 Å². The second-order valence-corrected chi connectivity index (χ2v) is 5.29. The molecule has 2 N–H and O–H groups in total. The summed E-state index contributed by atoms with van der Waals surface area (Å²) in [5, 5.41) is 12.3. The van der Waals surface area contributed by atoms with Crippen molar-refractivity contribution in [3.05, 3.63) is 68.8 Å². The Hall–Kier alpha value is -2.42. The normalized spacial score (nSPS) is 11.8. The third-order valence-electron chi connectivity index (χ3n) is 2.71. The van der Waals surface area contributed by atoms with Crippen LogP contribution < -0.4 is 10.5 Å². The third-order valence-corrected chi connectivity index (χ3v) is 3.29. The highest BCUT2D eigenvalue weighted by atomic mass is 127. The largest absolute Gasteiger partial charge is 0.450 e. The lowest BCUT2D eigenvalue weighted by Gasteiger charge is -2.08. The number of halogens is 1. The number of fused-ring (bicyclic) bond motifs is 1. The van der Waals surface area contributed by atoms with Crippen LogP contribution >= 0.6 is 22.6 Å². The molecule has 2 rings (SSSR count). The Morgan fingerprint density at radius 2 is 2.00 bits per heavy atom. The number of hydrogen-bond donors (Lipinski definition) is 1. The average molecular weight is 409 g/mol. The molecule has 0 bridgehead atoms. The second kappa shape index (κ2) is 7.03. The van der Waals surface area contributed by atoms with Crippen LogP contribution in [0.25, 0.3) is 10.8 Å². The topological polar surface area (TPSA) is 90.8 Å². The molecule has 0 aliphatic heterocycles. The molecule has 0 radical (unpaired) electrons. The standard InChI is InChI=1S/C15H12IN3O3/c1-10(17)18-9-8-15(16)22-14-7-6-13(19(20)21)11-4-2-3-5-12(11)14/h2-9H,1,17H2/b15-8+,18-9?. The fourth-order valence-electron chi connectivity index (χ4n) is 1.83. The van der Waals surface area contributed by atoms with Crippen LogP contribution in [0, 0.1) is 10.1 Å². The minimum atomic E-state index is -0.410. The summed E-state index contributed by atoms with van der Waals surface area (Å²) in [6.07, 6.45) is 3.09. The van der Waals surface area contributed by atoms with Gasteiger partial charge in [-0.05, 0) is 34.7 Å². The lowest BCUT2D eigenvalue weighted by atomic mass is 10.1. The van der Waals surface area contributed by atoms with E-state index in [0.717, 1.165) is 0 Å². The molecule has 0 spiro atoms. The van der Waals surface area contributed by atoms with E-state index in [1.165, 1.54) is 12.3 Å². The molecule has 0 heterocycles. The quantitative estimate of drug-likeness (QED) is 0.267. The monoisotopic (exact) mass is 409 g/mol. The van der Waals surface area contributed by atoms with Gasteiger partial charge in [0.1, 0.15) is 11.6 Å². The molecule has 0 aliphatic rings. The smallest absolute Gasteiger partial charge is 0.277 e. The van der Waals surface area contributed by atoms with Gasteiger partial charge in [-0.2, -0.15) is 0 Å². The number of benzene rings is 2. The Bertz CT molecular complexity index is 800. The lowest BCUT2D eigenvalue weighted by molar-refractivity contribution is -0.383. The first-order chi connectivity index (χ1) is 10.5. The molecule has 2 aromatic carbocycles. The van der Waals surface area contributed by atoms with Crippen molar-refractivity contribution < 1.29 is 9.66 Å². The van der Waals surface area contributed by atoms with Gasteiger partial charge in [-0.3, -0.25) is 10.1 Å². The molecule has 6 nitrogen and oxygen atoms in total. The number of non-ortho nitro benzene ring substituents is 1. The number of nitro benzene ring substituents is 1. The molecule has 0 atom stereocenters. The van der Waals surface area contributed by atoms with E-state index >= 15 is 0 Å². The van der Waals surface area contributed by atoms with Crippen molar-refractivity contribution in [3.8, 4) is 5.75 Å². The number of hydrogen-bond acceptors (Lipinski definition) is 5. The number of nitro groups is 1. The number of rotatable bonds is 5. The van der Waals surface area contributed by atoms with Crippen molar-refractivity contribution in [2.24, 2.45) is 10.7 Å². The van der Waals surface area contributed by atoms with E-state index in [2.05, 4.69) is 11.6 Å². The zero-order valence-electron chi connectivity index (χ0n) is 11.4. The van der Waals surface area contributed by atoms with E-state index in [1.54, 1.807) is 36.4 Å². The first kappa shape index (κ1) is 16.0.